The van der Waals surface area contributed by atoms with E-state index in [1.807, 2.05) is 19.1 Å². The summed E-state index contributed by atoms with van der Waals surface area (Å²) < 4.78 is 10.5. The molecule has 2 rings (SSSR count). The van der Waals surface area contributed by atoms with Crippen molar-refractivity contribution in [3.8, 4) is 5.75 Å². The Morgan fingerprint density at radius 2 is 2.04 bits per heavy atom. The van der Waals surface area contributed by atoms with Gasteiger partial charge >= 0.3 is 5.97 Å². The maximum atomic E-state index is 12.5. The largest absolute Gasteiger partial charge is 0.489 e. The van der Waals surface area contributed by atoms with E-state index in [-0.39, 0.29) is 5.91 Å². The number of nitrogens with one attached hydrogen (secondary N) is 1. The highest BCUT2D eigenvalue weighted by Crippen LogP contribution is 2.17. The van der Waals surface area contributed by atoms with Crippen molar-refractivity contribution >= 4 is 11.9 Å². The molecule has 0 aliphatic rings. The summed E-state index contributed by atoms with van der Waals surface area (Å²) in [5, 5.41) is 2.73. The summed E-state index contributed by atoms with van der Waals surface area (Å²) in [7, 11) is 1.30. The summed E-state index contributed by atoms with van der Waals surface area (Å²) in [5.74, 6) is -0.276. The van der Waals surface area contributed by atoms with Gasteiger partial charge < -0.3 is 14.8 Å². The zero-order chi connectivity index (χ0) is 18.3. The number of benzene rings is 1. The molecule has 0 bridgehead atoms. The Morgan fingerprint density at radius 3 is 2.68 bits per heavy atom. The molecule has 25 heavy (non-hydrogen) atoms. The first kappa shape index (κ1) is 18.4. The average molecular weight is 342 g/mol. The maximum absolute atomic E-state index is 12.5. The third-order valence-corrected chi connectivity index (χ3v) is 3.96. The highest BCUT2D eigenvalue weighted by atomic mass is 16.5. The molecule has 0 saturated carbocycles. The van der Waals surface area contributed by atoms with Crippen LogP contribution in [0, 0.1) is 0 Å². The predicted octanol–water partition coefficient (Wildman–Crippen LogP) is 2.73. The van der Waals surface area contributed by atoms with Crippen LogP contribution in [0.25, 0.3) is 0 Å². The third kappa shape index (κ3) is 4.79. The monoisotopic (exact) mass is 342 g/mol. The number of carbonyl (C=O) groups excluding carboxylic acids is 2. The summed E-state index contributed by atoms with van der Waals surface area (Å²) in [6, 6.07) is 10.5. The molecule has 0 saturated heterocycles. The van der Waals surface area contributed by atoms with Gasteiger partial charge in [-0.1, -0.05) is 19.1 Å². The molecule has 2 aromatic rings. The Hall–Kier alpha value is -2.89. The van der Waals surface area contributed by atoms with E-state index >= 15 is 0 Å². The molecule has 0 radical (unpaired) electrons. The first-order chi connectivity index (χ1) is 12.0. The van der Waals surface area contributed by atoms with Crippen molar-refractivity contribution in [3.63, 3.8) is 0 Å². The molecule has 0 aliphatic heterocycles. The summed E-state index contributed by atoms with van der Waals surface area (Å²) in [5.41, 5.74) is 0.271. The normalized spacial score (nSPS) is 12.8. The molecule has 6 nitrogen and oxygen atoms in total. The van der Waals surface area contributed by atoms with Crippen LogP contribution in [0.15, 0.2) is 48.8 Å². The highest BCUT2D eigenvalue weighted by molar-refractivity contribution is 5.98. The quantitative estimate of drug-likeness (QED) is 0.783. The summed E-state index contributed by atoms with van der Waals surface area (Å²) in [4.78, 5) is 28.4. The third-order valence-electron chi connectivity index (χ3n) is 3.96. The molecule has 6 heteroatoms. The molecule has 1 heterocycles. The van der Waals surface area contributed by atoms with Crippen molar-refractivity contribution in [1.29, 1.82) is 0 Å². The lowest BCUT2D eigenvalue weighted by Crippen LogP contribution is -2.52. The SMILES string of the molecule is CC[C@@](C)(NC(=O)c1cccc(OCc2cccnc2)c1)C(=O)OC. The zero-order valence-corrected chi connectivity index (χ0v) is 14.6. The lowest BCUT2D eigenvalue weighted by atomic mass is 9.98. The first-order valence-corrected chi connectivity index (χ1v) is 8.01. The number of pyridine rings is 1. The van der Waals surface area contributed by atoms with Crippen molar-refractivity contribution < 1.29 is 19.1 Å². The van der Waals surface area contributed by atoms with Crippen LogP contribution in [-0.2, 0) is 16.1 Å². The standard InChI is InChI=1S/C19H22N2O4/c1-4-19(2,18(23)24-3)21-17(22)15-8-5-9-16(11-15)25-13-14-7-6-10-20-12-14/h5-12H,4,13H2,1-3H3,(H,21,22)/t19-/m1/s1. The van der Waals surface area contributed by atoms with Gasteiger partial charge in [-0.2, -0.15) is 0 Å². The molecule has 0 spiro atoms. The minimum atomic E-state index is -1.07. The number of carbonyl (C=O) groups is 2. The fourth-order valence-electron chi connectivity index (χ4n) is 2.21. The number of methoxy groups -OCH3 is 1. The number of aromatic nitrogens is 1. The van der Waals surface area contributed by atoms with Crippen LogP contribution < -0.4 is 10.1 Å². The second-order valence-electron chi connectivity index (χ2n) is 5.81. The van der Waals surface area contributed by atoms with E-state index in [0.29, 0.717) is 24.3 Å². The van der Waals surface area contributed by atoms with Gasteiger partial charge in [0.25, 0.3) is 5.91 Å². The van der Waals surface area contributed by atoms with E-state index in [0.717, 1.165) is 5.56 Å². The molecule has 1 amide bonds. The van der Waals surface area contributed by atoms with Crippen LogP contribution in [-0.4, -0.2) is 29.5 Å². The van der Waals surface area contributed by atoms with Crippen LogP contribution >= 0.6 is 0 Å². The first-order valence-electron chi connectivity index (χ1n) is 8.01. The molecule has 1 atom stereocenters. The molecule has 0 unspecified atom stereocenters. The van der Waals surface area contributed by atoms with E-state index in [4.69, 9.17) is 9.47 Å². The second kappa shape index (κ2) is 8.28. The lowest BCUT2D eigenvalue weighted by Gasteiger charge is -2.26. The van der Waals surface area contributed by atoms with Gasteiger partial charge in [-0.05, 0) is 37.6 Å². The van der Waals surface area contributed by atoms with Gasteiger partial charge in [0.2, 0.25) is 0 Å². The number of hydrogen-bond acceptors (Lipinski definition) is 5. The average Bonchev–Trinajstić information content (AvgIpc) is 2.66. The molecule has 0 aliphatic carbocycles. The second-order valence-corrected chi connectivity index (χ2v) is 5.81. The Balaban J connectivity index is 2.07. The number of esters is 1. The number of nitrogens with zero attached hydrogens (tertiary/aromatic N) is 1. The summed E-state index contributed by atoms with van der Waals surface area (Å²) >= 11 is 0. The molecule has 132 valence electrons. The Morgan fingerprint density at radius 1 is 1.24 bits per heavy atom. The molecular weight excluding hydrogens is 320 g/mol. The van der Waals surface area contributed by atoms with Crippen molar-refractivity contribution in [2.45, 2.75) is 32.4 Å². The van der Waals surface area contributed by atoms with Gasteiger partial charge in [-0.15, -0.1) is 0 Å². The molecule has 1 aromatic carbocycles. The van der Waals surface area contributed by atoms with Crippen molar-refractivity contribution in [1.82, 2.24) is 10.3 Å². The predicted molar refractivity (Wildman–Crippen MR) is 93.2 cm³/mol. The minimum Gasteiger partial charge on any atom is -0.489 e. The number of rotatable bonds is 7. The summed E-state index contributed by atoms with van der Waals surface area (Å²) in [6.07, 6.45) is 3.84. The van der Waals surface area contributed by atoms with Gasteiger partial charge in [0.15, 0.2) is 0 Å². The van der Waals surface area contributed by atoms with Crippen molar-refractivity contribution in [3.05, 3.63) is 59.9 Å². The maximum Gasteiger partial charge on any atom is 0.331 e. The Labute approximate surface area is 147 Å². The van der Waals surface area contributed by atoms with Crippen LogP contribution in [0.4, 0.5) is 0 Å². The Kier molecular flexibility index (Phi) is 6.11. The van der Waals surface area contributed by atoms with E-state index in [2.05, 4.69) is 10.3 Å². The van der Waals surface area contributed by atoms with Crippen molar-refractivity contribution in [2.24, 2.45) is 0 Å². The van der Waals surface area contributed by atoms with Crippen LogP contribution in [0.5, 0.6) is 5.75 Å². The molecular formula is C19H22N2O4. The number of hydrogen-bond donors (Lipinski definition) is 1. The molecule has 1 aromatic heterocycles. The van der Waals surface area contributed by atoms with Gasteiger partial charge in [-0.3, -0.25) is 9.78 Å². The van der Waals surface area contributed by atoms with Gasteiger partial charge in [0, 0.05) is 23.5 Å². The minimum absolute atomic E-state index is 0.355. The smallest absolute Gasteiger partial charge is 0.331 e. The van der Waals surface area contributed by atoms with Gasteiger partial charge in [0.05, 0.1) is 7.11 Å². The zero-order valence-electron chi connectivity index (χ0n) is 14.6. The number of amides is 1. The fraction of sp³-hybridized carbons (Fsp3) is 0.316. The van der Waals surface area contributed by atoms with Crippen LogP contribution in [0.1, 0.15) is 36.2 Å². The fourth-order valence-corrected chi connectivity index (χ4v) is 2.21. The van der Waals surface area contributed by atoms with E-state index in [9.17, 15) is 9.59 Å². The van der Waals surface area contributed by atoms with Crippen LogP contribution in [0.2, 0.25) is 0 Å². The Bertz CT molecular complexity index is 733. The summed E-state index contributed by atoms with van der Waals surface area (Å²) in [6.45, 7) is 3.80. The molecule has 1 N–H and O–H groups in total. The lowest BCUT2D eigenvalue weighted by molar-refractivity contribution is -0.147. The topological polar surface area (TPSA) is 77.5 Å². The van der Waals surface area contributed by atoms with Gasteiger partial charge in [-0.25, -0.2) is 4.79 Å². The number of ether oxygens (including phenoxy) is 2. The van der Waals surface area contributed by atoms with Gasteiger partial charge in [0.1, 0.15) is 17.9 Å². The highest BCUT2D eigenvalue weighted by Gasteiger charge is 2.34. The van der Waals surface area contributed by atoms with E-state index < -0.39 is 11.5 Å². The molecule has 0 fully saturated rings. The van der Waals surface area contributed by atoms with Crippen LogP contribution in [0.3, 0.4) is 0 Å². The van der Waals surface area contributed by atoms with E-state index in [1.165, 1.54) is 7.11 Å². The van der Waals surface area contributed by atoms with Crippen molar-refractivity contribution in [2.75, 3.05) is 7.11 Å². The van der Waals surface area contributed by atoms with E-state index in [1.54, 1.807) is 43.6 Å².